The predicted octanol–water partition coefficient (Wildman–Crippen LogP) is 2.88. The van der Waals surface area contributed by atoms with Crippen molar-refractivity contribution in [2.24, 2.45) is 5.73 Å². The molecule has 6 nitrogen and oxygen atoms in total. The number of likely N-dealkylation sites (tertiary alicyclic amines) is 1. The molecule has 0 saturated carbocycles. The molecule has 1 aromatic carbocycles. The molecule has 1 heterocycles. The van der Waals surface area contributed by atoms with E-state index in [1.54, 1.807) is 17.0 Å². The Morgan fingerprint density at radius 3 is 2.57 bits per heavy atom. The lowest BCUT2D eigenvalue weighted by Crippen LogP contribution is -2.45. The maximum Gasteiger partial charge on any atom is 0.273 e. The van der Waals surface area contributed by atoms with Gasteiger partial charge in [-0.05, 0) is 24.3 Å². The predicted molar refractivity (Wildman–Crippen MR) is 92.2 cm³/mol. The summed E-state index contributed by atoms with van der Waals surface area (Å²) in [5.74, 6) is -0.182. The van der Waals surface area contributed by atoms with Crippen molar-refractivity contribution in [2.45, 2.75) is 45.1 Å². The zero-order valence-electron chi connectivity index (χ0n) is 13.7. The molecule has 1 atom stereocenters. The van der Waals surface area contributed by atoms with Crippen LogP contribution in [0.25, 0.3) is 0 Å². The Bertz CT molecular complexity index is 599. The van der Waals surface area contributed by atoms with Gasteiger partial charge in [-0.1, -0.05) is 26.8 Å². The molecule has 1 aliphatic rings. The molecule has 7 heteroatoms. The number of nitro groups is 1. The molecule has 128 valence electrons. The van der Waals surface area contributed by atoms with Crippen LogP contribution in [0.1, 0.15) is 49.5 Å². The number of hydrogen-bond donors (Lipinski definition) is 1. The molecule has 1 fully saturated rings. The molecule has 0 aromatic heterocycles. The van der Waals surface area contributed by atoms with E-state index in [4.69, 9.17) is 5.73 Å². The number of piperidine rings is 1. The first-order valence-corrected chi connectivity index (χ1v) is 7.54. The summed E-state index contributed by atoms with van der Waals surface area (Å²) >= 11 is 0. The van der Waals surface area contributed by atoms with Gasteiger partial charge in [-0.25, -0.2) is 0 Å². The van der Waals surface area contributed by atoms with Crippen molar-refractivity contribution in [1.29, 1.82) is 0 Å². The van der Waals surface area contributed by atoms with Crippen LogP contribution in [-0.2, 0) is 5.41 Å². The SMILES string of the molecule is CC(C)(C)c1ccc(C(=O)N2CCCC(N)C2)cc1[N+](=O)[O-].Cl. The largest absolute Gasteiger partial charge is 0.337 e. The number of amides is 1. The Kier molecular flexibility index (Phi) is 6.13. The average Bonchev–Trinajstić information content (AvgIpc) is 2.44. The number of halogens is 1. The third-order valence-corrected chi connectivity index (χ3v) is 3.99. The molecule has 1 amide bonds. The highest BCUT2D eigenvalue weighted by Crippen LogP contribution is 2.32. The van der Waals surface area contributed by atoms with Gasteiger partial charge in [-0.2, -0.15) is 0 Å². The van der Waals surface area contributed by atoms with Crippen LogP contribution in [-0.4, -0.2) is 34.9 Å². The molecule has 2 rings (SSSR count). The molecule has 1 unspecified atom stereocenters. The summed E-state index contributed by atoms with van der Waals surface area (Å²) in [6.45, 7) is 6.91. The summed E-state index contributed by atoms with van der Waals surface area (Å²) < 4.78 is 0. The van der Waals surface area contributed by atoms with E-state index in [1.165, 1.54) is 6.07 Å². The van der Waals surface area contributed by atoms with Gasteiger partial charge >= 0.3 is 0 Å². The molecule has 1 saturated heterocycles. The molecule has 23 heavy (non-hydrogen) atoms. The number of nitrogens with two attached hydrogens (primary N) is 1. The van der Waals surface area contributed by atoms with Gasteiger partial charge in [0.2, 0.25) is 0 Å². The monoisotopic (exact) mass is 341 g/mol. The van der Waals surface area contributed by atoms with Crippen molar-refractivity contribution in [3.63, 3.8) is 0 Å². The zero-order valence-corrected chi connectivity index (χ0v) is 14.6. The first-order valence-electron chi connectivity index (χ1n) is 7.54. The van der Waals surface area contributed by atoms with Crippen molar-refractivity contribution in [2.75, 3.05) is 13.1 Å². The number of nitro benzene ring substituents is 1. The minimum Gasteiger partial charge on any atom is -0.337 e. The minimum absolute atomic E-state index is 0. The number of rotatable bonds is 2. The summed E-state index contributed by atoms with van der Waals surface area (Å²) in [6, 6.07) is 4.75. The maximum absolute atomic E-state index is 12.5. The van der Waals surface area contributed by atoms with Crippen LogP contribution in [0, 0.1) is 10.1 Å². The van der Waals surface area contributed by atoms with Gasteiger partial charge in [0.25, 0.3) is 11.6 Å². The van der Waals surface area contributed by atoms with Gasteiger partial charge < -0.3 is 10.6 Å². The molecular weight excluding hydrogens is 318 g/mol. The van der Waals surface area contributed by atoms with Crippen molar-refractivity contribution in [3.05, 3.63) is 39.4 Å². The highest BCUT2D eigenvalue weighted by Gasteiger charge is 2.28. The number of carbonyl (C=O) groups excluding carboxylic acids is 1. The lowest BCUT2D eigenvalue weighted by molar-refractivity contribution is -0.386. The van der Waals surface area contributed by atoms with Crippen LogP contribution in [0.5, 0.6) is 0 Å². The topological polar surface area (TPSA) is 89.5 Å². The second-order valence-corrected chi connectivity index (χ2v) is 6.89. The molecule has 0 spiro atoms. The van der Waals surface area contributed by atoms with Crippen molar-refractivity contribution < 1.29 is 9.72 Å². The van der Waals surface area contributed by atoms with Crippen molar-refractivity contribution in [3.8, 4) is 0 Å². The lowest BCUT2D eigenvalue weighted by Gasteiger charge is -2.31. The Balaban J connectivity index is 0.00000264. The number of nitrogens with zero attached hydrogens (tertiary/aromatic N) is 2. The van der Waals surface area contributed by atoms with E-state index >= 15 is 0 Å². The third kappa shape index (κ3) is 4.42. The third-order valence-electron chi connectivity index (χ3n) is 3.99. The zero-order chi connectivity index (χ0) is 16.5. The van der Waals surface area contributed by atoms with E-state index in [-0.39, 0.29) is 35.5 Å². The second-order valence-electron chi connectivity index (χ2n) is 6.89. The van der Waals surface area contributed by atoms with Gasteiger partial charge in [0.05, 0.1) is 4.92 Å². The normalized spacial score (nSPS) is 18.3. The Morgan fingerprint density at radius 2 is 2.04 bits per heavy atom. The highest BCUT2D eigenvalue weighted by atomic mass is 35.5. The molecule has 1 aliphatic heterocycles. The number of hydrogen-bond acceptors (Lipinski definition) is 4. The molecule has 0 aliphatic carbocycles. The van der Waals surface area contributed by atoms with Gasteiger partial charge in [0.1, 0.15) is 0 Å². The summed E-state index contributed by atoms with van der Waals surface area (Å²) in [4.78, 5) is 25.1. The first-order chi connectivity index (χ1) is 10.2. The van der Waals surface area contributed by atoms with E-state index < -0.39 is 4.92 Å². The second kappa shape index (κ2) is 7.27. The van der Waals surface area contributed by atoms with E-state index in [9.17, 15) is 14.9 Å². The van der Waals surface area contributed by atoms with Gasteiger partial charge in [0, 0.05) is 36.3 Å². The highest BCUT2D eigenvalue weighted by molar-refractivity contribution is 5.95. The summed E-state index contributed by atoms with van der Waals surface area (Å²) in [6.07, 6.45) is 1.78. The van der Waals surface area contributed by atoms with Crippen molar-refractivity contribution in [1.82, 2.24) is 4.90 Å². The fraction of sp³-hybridized carbons (Fsp3) is 0.562. The molecule has 2 N–H and O–H groups in total. The summed E-state index contributed by atoms with van der Waals surface area (Å²) in [5, 5.41) is 11.3. The van der Waals surface area contributed by atoms with Crippen LogP contribution in [0.15, 0.2) is 18.2 Å². The smallest absolute Gasteiger partial charge is 0.273 e. The Hall–Kier alpha value is -1.66. The lowest BCUT2D eigenvalue weighted by atomic mass is 9.85. The Labute approximate surface area is 142 Å². The van der Waals surface area contributed by atoms with Crippen LogP contribution in [0.3, 0.4) is 0 Å². The summed E-state index contributed by atoms with van der Waals surface area (Å²) in [7, 11) is 0. The van der Waals surface area contributed by atoms with Crippen LogP contribution < -0.4 is 5.73 Å². The summed E-state index contributed by atoms with van der Waals surface area (Å²) in [5.41, 5.74) is 6.53. The Morgan fingerprint density at radius 1 is 1.39 bits per heavy atom. The number of carbonyl (C=O) groups is 1. The standard InChI is InChI=1S/C16H23N3O3.ClH/c1-16(2,3)13-7-6-11(9-14(13)19(21)22)15(20)18-8-4-5-12(17)10-18;/h6-7,9,12H,4-5,8,10,17H2,1-3H3;1H. The van der Waals surface area contributed by atoms with E-state index in [1.807, 2.05) is 20.8 Å². The average molecular weight is 342 g/mol. The molecular formula is C16H24ClN3O3. The fourth-order valence-electron chi connectivity index (χ4n) is 2.83. The van der Waals surface area contributed by atoms with Gasteiger partial charge in [-0.3, -0.25) is 14.9 Å². The quantitative estimate of drug-likeness (QED) is 0.661. The molecule has 0 bridgehead atoms. The van der Waals surface area contributed by atoms with Crippen molar-refractivity contribution >= 4 is 24.0 Å². The van der Waals surface area contributed by atoms with Crippen LogP contribution in [0.2, 0.25) is 0 Å². The molecule has 0 radical (unpaired) electrons. The van der Waals surface area contributed by atoms with Crippen LogP contribution in [0.4, 0.5) is 5.69 Å². The minimum atomic E-state index is -0.417. The van der Waals surface area contributed by atoms with Gasteiger partial charge in [0.15, 0.2) is 0 Å². The van der Waals surface area contributed by atoms with E-state index in [2.05, 4.69) is 0 Å². The number of benzene rings is 1. The fourth-order valence-corrected chi connectivity index (χ4v) is 2.83. The maximum atomic E-state index is 12.5. The van der Waals surface area contributed by atoms with E-state index in [0.717, 1.165) is 12.8 Å². The molecule has 1 aromatic rings. The van der Waals surface area contributed by atoms with Crippen LogP contribution >= 0.6 is 12.4 Å². The first kappa shape index (κ1) is 19.4. The van der Waals surface area contributed by atoms with E-state index in [0.29, 0.717) is 24.2 Å². The van der Waals surface area contributed by atoms with Gasteiger partial charge in [-0.15, -0.1) is 12.4 Å².